The van der Waals surface area contributed by atoms with Crippen molar-refractivity contribution in [2.75, 3.05) is 19.8 Å². The Kier molecular flexibility index (Phi) is 5.36. The number of rotatable bonds is 7. The van der Waals surface area contributed by atoms with Gasteiger partial charge in [-0.25, -0.2) is 0 Å². The zero-order chi connectivity index (χ0) is 12.7. The maximum atomic E-state index is 11.7. The average molecular weight is 253 g/mol. The Labute approximate surface area is 96.3 Å². The number of halogens is 3. The van der Waals surface area contributed by atoms with Gasteiger partial charge in [-0.1, -0.05) is 6.92 Å². The molecule has 0 amide bonds. The van der Waals surface area contributed by atoms with E-state index in [-0.39, 0.29) is 18.9 Å². The Balaban J connectivity index is 2.21. The van der Waals surface area contributed by atoms with Crippen LogP contribution in [0.1, 0.15) is 18.7 Å². The van der Waals surface area contributed by atoms with Crippen molar-refractivity contribution in [1.29, 1.82) is 0 Å². The van der Waals surface area contributed by atoms with Crippen LogP contribution in [0.25, 0.3) is 0 Å². The first kappa shape index (κ1) is 13.9. The number of alkyl halides is 3. The molecule has 0 aliphatic rings. The van der Waals surface area contributed by atoms with Crippen LogP contribution in [0.5, 0.6) is 0 Å². The Morgan fingerprint density at radius 3 is 2.65 bits per heavy atom. The van der Waals surface area contributed by atoms with Crippen molar-refractivity contribution in [1.82, 2.24) is 15.5 Å². The normalized spacial score (nSPS) is 12.0. The van der Waals surface area contributed by atoms with Crippen LogP contribution >= 0.6 is 0 Å². The smallest absolute Gasteiger partial charge is 0.411 e. The van der Waals surface area contributed by atoms with Crippen molar-refractivity contribution < 1.29 is 22.3 Å². The van der Waals surface area contributed by atoms with Gasteiger partial charge in [0.05, 0.1) is 13.2 Å². The summed E-state index contributed by atoms with van der Waals surface area (Å²) in [6, 6.07) is 0. The Hall–Kier alpha value is -1.15. The van der Waals surface area contributed by atoms with Gasteiger partial charge >= 0.3 is 6.18 Å². The molecule has 0 bridgehead atoms. The molecule has 5 nitrogen and oxygen atoms in total. The fourth-order valence-electron chi connectivity index (χ4n) is 1.04. The second-order valence-corrected chi connectivity index (χ2v) is 3.29. The Morgan fingerprint density at radius 1 is 1.29 bits per heavy atom. The molecule has 0 fully saturated rings. The van der Waals surface area contributed by atoms with E-state index in [1.807, 2.05) is 6.92 Å². The van der Waals surface area contributed by atoms with Crippen molar-refractivity contribution in [2.45, 2.75) is 26.1 Å². The van der Waals surface area contributed by atoms with Crippen LogP contribution in [0.15, 0.2) is 4.42 Å². The van der Waals surface area contributed by atoms with E-state index in [9.17, 15) is 13.2 Å². The van der Waals surface area contributed by atoms with Crippen LogP contribution < -0.4 is 5.32 Å². The van der Waals surface area contributed by atoms with Gasteiger partial charge in [0.25, 0.3) is 0 Å². The number of nitrogens with zero attached hydrogens (tertiary/aromatic N) is 2. The van der Waals surface area contributed by atoms with Crippen molar-refractivity contribution in [3.63, 3.8) is 0 Å². The van der Waals surface area contributed by atoms with Gasteiger partial charge < -0.3 is 14.5 Å². The van der Waals surface area contributed by atoms with Gasteiger partial charge in [0.2, 0.25) is 11.8 Å². The molecule has 1 N–H and O–H groups in total. The minimum atomic E-state index is -4.30. The van der Waals surface area contributed by atoms with Crippen molar-refractivity contribution in [3.05, 3.63) is 11.8 Å². The van der Waals surface area contributed by atoms with E-state index in [0.717, 1.165) is 6.54 Å². The number of aromatic nitrogens is 2. The molecular weight excluding hydrogens is 239 g/mol. The number of ether oxygens (including phenoxy) is 1. The second-order valence-electron chi connectivity index (χ2n) is 3.29. The van der Waals surface area contributed by atoms with Gasteiger partial charge in [0.1, 0.15) is 6.61 Å². The van der Waals surface area contributed by atoms with E-state index in [1.54, 1.807) is 0 Å². The highest BCUT2D eigenvalue weighted by Crippen LogP contribution is 2.14. The van der Waals surface area contributed by atoms with E-state index in [0.29, 0.717) is 12.4 Å². The van der Waals surface area contributed by atoms with Gasteiger partial charge in [-0.2, -0.15) is 13.2 Å². The molecule has 0 saturated heterocycles. The van der Waals surface area contributed by atoms with Gasteiger partial charge in [-0.3, -0.25) is 0 Å². The van der Waals surface area contributed by atoms with Crippen LogP contribution in [-0.4, -0.2) is 36.1 Å². The van der Waals surface area contributed by atoms with Gasteiger partial charge in [-0.15, -0.1) is 10.2 Å². The molecule has 1 rings (SSSR count). The summed E-state index contributed by atoms with van der Waals surface area (Å²) in [5.74, 6) is 0.692. The molecule has 98 valence electrons. The van der Waals surface area contributed by atoms with Gasteiger partial charge in [0, 0.05) is 6.42 Å². The summed E-state index contributed by atoms with van der Waals surface area (Å²) in [5, 5.41) is 10.4. The molecule has 8 heteroatoms. The van der Waals surface area contributed by atoms with Crippen molar-refractivity contribution >= 4 is 0 Å². The molecule has 0 unspecified atom stereocenters. The maximum Gasteiger partial charge on any atom is 0.411 e. The summed E-state index contributed by atoms with van der Waals surface area (Å²) in [4.78, 5) is 0. The highest BCUT2D eigenvalue weighted by molar-refractivity contribution is 4.81. The maximum absolute atomic E-state index is 11.7. The van der Waals surface area contributed by atoms with E-state index in [1.165, 1.54) is 0 Å². The number of hydrogen-bond donors (Lipinski definition) is 1. The third-order valence-electron chi connectivity index (χ3n) is 1.76. The zero-order valence-corrected chi connectivity index (χ0v) is 9.38. The van der Waals surface area contributed by atoms with E-state index in [4.69, 9.17) is 4.42 Å². The third-order valence-corrected chi connectivity index (χ3v) is 1.76. The lowest BCUT2D eigenvalue weighted by molar-refractivity contribution is -0.173. The lowest BCUT2D eigenvalue weighted by atomic mass is 10.4. The van der Waals surface area contributed by atoms with Crippen LogP contribution in [0, 0.1) is 0 Å². The first-order valence-corrected chi connectivity index (χ1v) is 5.17. The monoisotopic (exact) mass is 253 g/mol. The summed E-state index contributed by atoms with van der Waals surface area (Å²) < 4.78 is 44.8. The molecule has 1 aromatic rings. The molecular formula is C9H14F3N3O2. The second kappa shape index (κ2) is 6.55. The zero-order valence-electron chi connectivity index (χ0n) is 9.38. The average Bonchev–Trinajstić information content (AvgIpc) is 2.68. The first-order chi connectivity index (χ1) is 8.01. The van der Waals surface area contributed by atoms with Crippen LogP contribution in [0.3, 0.4) is 0 Å². The summed E-state index contributed by atoms with van der Waals surface area (Å²) >= 11 is 0. The van der Waals surface area contributed by atoms with E-state index in [2.05, 4.69) is 20.3 Å². The van der Waals surface area contributed by atoms with Crippen LogP contribution in [0.4, 0.5) is 13.2 Å². The number of nitrogens with one attached hydrogen (secondary N) is 1. The quantitative estimate of drug-likeness (QED) is 0.742. The minimum absolute atomic E-state index is 0.0949. The highest BCUT2D eigenvalue weighted by Gasteiger charge is 2.27. The lowest BCUT2D eigenvalue weighted by Crippen LogP contribution is -2.18. The molecule has 17 heavy (non-hydrogen) atoms. The number of hydrogen-bond acceptors (Lipinski definition) is 5. The SMILES string of the molecule is CCNCc1nnc(CCOCC(F)(F)F)o1. The molecule has 0 aliphatic carbocycles. The lowest BCUT2D eigenvalue weighted by Gasteiger charge is -2.05. The minimum Gasteiger partial charge on any atom is -0.424 e. The van der Waals surface area contributed by atoms with E-state index < -0.39 is 12.8 Å². The molecule has 0 atom stereocenters. The topological polar surface area (TPSA) is 60.2 Å². The molecule has 0 aliphatic heterocycles. The fourth-order valence-corrected chi connectivity index (χ4v) is 1.04. The highest BCUT2D eigenvalue weighted by atomic mass is 19.4. The summed E-state index contributed by atoms with van der Waals surface area (Å²) in [6.07, 6.45) is -4.12. The van der Waals surface area contributed by atoms with Crippen molar-refractivity contribution in [3.8, 4) is 0 Å². The summed E-state index contributed by atoms with van der Waals surface area (Å²) in [7, 11) is 0. The van der Waals surface area contributed by atoms with E-state index >= 15 is 0 Å². The molecule has 1 heterocycles. The summed E-state index contributed by atoms with van der Waals surface area (Å²) in [6.45, 7) is 1.80. The Morgan fingerprint density at radius 2 is 2.00 bits per heavy atom. The third kappa shape index (κ3) is 6.22. The molecule has 1 aromatic heterocycles. The van der Waals surface area contributed by atoms with Gasteiger partial charge in [0.15, 0.2) is 0 Å². The van der Waals surface area contributed by atoms with Gasteiger partial charge in [-0.05, 0) is 6.54 Å². The predicted molar refractivity (Wildman–Crippen MR) is 52.3 cm³/mol. The van der Waals surface area contributed by atoms with Crippen LogP contribution in [-0.2, 0) is 17.7 Å². The standard InChI is InChI=1S/C9H14F3N3O2/c1-2-13-5-8-15-14-7(17-8)3-4-16-6-9(10,11)12/h13H,2-6H2,1H3. The molecule has 0 aromatic carbocycles. The fraction of sp³-hybridized carbons (Fsp3) is 0.778. The molecule has 0 saturated carbocycles. The predicted octanol–water partition coefficient (Wildman–Crippen LogP) is 1.30. The molecule has 0 radical (unpaired) electrons. The molecule has 0 spiro atoms. The largest absolute Gasteiger partial charge is 0.424 e. The Bertz CT molecular complexity index is 328. The summed E-state index contributed by atoms with van der Waals surface area (Å²) in [5.41, 5.74) is 0. The first-order valence-electron chi connectivity index (χ1n) is 5.17. The van der Waals surface area contributed by atoms with Crippen LogP contribution in [0.2, 0.25) is 0 Å². The van der Waals surface area contributed by atoms with Crippen molar-refractivity contribution in [2.24, 2.45) is 0 Å².